The van der Waals surface area contributed by atoms with Gasteiger partial charge < -0.3 is 10.2 Å². The molecule has 2 aromatic rings. The molecule has 0 aliphatic heterocycles. The Morgan fingerprint density at radius 2 is 2.16 bits per heavy atom. The second kappa shape index (κ2) is 6.63. The van der Waals surface area contributed by atoms with Crippen LogP contribution in [-0.4, -0.2) is 48.5 Å². The minimum atomic E-state index is 1.07. The van der Waals surface area contributed by atoms with Crippen molar-refractivity contribution in [2.45, 2.75) is 4.90 Å². The minimum Gasteiger partial charge on any atom is -0.387 e. The lowest BCUT2D eigenvalue weighted by Gasteiger charge is -2.12. The lowest BCUT2D eigenvalue weighted by atomic mass is 10.1. The van der Waals surface area contributed by atoms with Crippen LogP contribution in [0.25, 0.3) is 11.1 Å². The maximum atomic E-state index is 4.00. The van der Waals surface area contributed by atoms with Crippen molar-refractivity contribution in [3.8, 4) is 11.1 Å². The topological polar surface area (TPSA) is 44.0 Å². The first kappa shape index (κ1) is 14.0. The van der Waals surface area contributed by atoms with E-state index in [9.17, 15) is 0 Å². The molecular formula is C14H20N4S. The Balaban J connectivity index is 2.17. The molecule has 1 aromatic heterocycles. The van der Waals surface area contributed by atoms with Gasteiger partial charge in [-0.2, -0.15) is 5.10 Å². The first-order valence-electron chi connectivity index (χ1n) is 6.29. The third-order valence-electron chi connectivity index (χ3n) is 2.88. The number of rotatable bonds is 6. The number of anilines is 1. The molecule has 2 rings (SSSR count). The number of thioether (sulfide) groups is 1. The summed E-state index contributed by atoms with van der Waals surface area (Å²) in [6, 6.07) is 6.46. The monoisotopic (exact) mass is 276 g/mol. The van der Waals surface area contributed by atoms with Crippen molar-refractivity contribution in [2.75, 3.05) is 38.8 Å². The van der Waals surface area contributed by atoms with Gasteiger partial charge in [-0.1, -0.05) is 6.07 Å². The molecule has 0 fully saturated rings. The summed E-state index contributed by atoms with van der Waals surface area (Å²) in [6.07, 6.45) is 3.77. The van der Waals surface area contributed by atoms with Crippen molar-refractivity contribution in [3.63, 3.8) is 0 Å². The standard InChI is InChI=1S/C14H20N4S/c1-15-13-5-4-11(12-9-16-17-10-12)8-14(13)19-7-6-18(2)3/h4-5,8-10,15H,6-7H2,1-3H3,(H,16,17). The summed E-state index contributed by atoms with van der Waals surface area (Å²) in [4.78, 5) is 3.48. The quantitative estimate of drug-likeness (QED) is 0.796. The lowest BCUT2D eigenvalue weighted by Crippen LogP contribution is -2.14. The van der Waals surface area contributed by atoms with Gasteiger partial charge >= 0.3 is 0 Å². The molecule has 0 amide bonds. The highest BCUT2D eigenvalue weighted by Crippen LogP contribution is 2.31. The Kier molecular flexibility index (Phi) is 4.87. The number of hydrogen-bond donors (Lipinski definition) is 2. The third kappa shape index (κ3) is 3.75. The van der Waals surface area contributed by atoms with Gasteiger partial charge in [0.05, 0.1) is 6.20 Å². The zero-order valence-electron chi connectivity index (χ0n) is 11.6. The van der Waals surface area contributed by atoms with Crippen LogP contribution < -0.4 is 5.32 Å². The van der Waals surface area contributed by atoms with E-state index in [2.05, 4.69) is 52.7 Å². The Morgan fingerprint density at radius 3 is 2.79 bits per heavy atom. The fourth-order valence-electron chi connectivity index (χ4n) is 1.77. The molecule has 2 N–H and O–H groups in total. The van der Waals surface area contributed by atoms with Gasteiger partial charge in [0.15, 0.2) is 0 Å². The van der Waals surface area contributed by atoms with E-state index in [-0.39, 0.29) is 0 Å². The van der Waals surface area contributed by atoms with Gasteiger partial charge in [-0.25, -0.2) is 0 Å². The van der Waals surface area contributed by atoms with Crippen molar-refractivity contribution in [3.05, 3.63) is 30.6 Å². The summed E-state index contributed by atoms with van der Waals surface area (Å²) < 4.78 is 0. The summed E-state index contributed by atoms with van der Waals surface area (Å²) >= 11 is 1.88. The molecule has 1 heterocycles. The zero-order chi connectivity index (χ0) is 13.7. The number of H-pyrrole nitrogens is 1. The van der Waals surface area contributed by atoms with Gasteiger partial charge in [0.25, 0.3) is 0 Å². The van der Waals surface area contributed by atoms with E-state index in [1.165, 1.54) is 16.1 Å². The molecule has 0 saturated heterocycles. The van der Waals surface area contributed by atoms with E-state index in [0.29, 0.717) is 0 Å². The van der Waals surface area contributed by atoms with Crippen molar-refractivity contribution in [2.24, 2.45) is 0 Å². The first-order chi connectivity index (χ1) is 9.20. The van der Waals surface area contributed by atoms with Crippen LogP contribution >= 0.6 is 11.8 Å². The molecule has 1 aromatic carbocycles. The highest BCUT2D eigenvalue weighted by molar-refractivity contribution is 7.99. The van der Waals surface area contributed by atoms with Crippen LogP contribution in [0.15, 0.2) is 35.5 Å². The molecule has 0 bridgehead atoms. The predicted molar refractivity (Wildman–Crippen MR) is 82.8 cm³/mol. The molecular weight excluding hydrogens is 256 g/mol. The normalized spacial score (nSPS) is 10.9. The van der Waals surface area contributed by atoms with E-state index >= 15 is 0 Å². The Hall–Kier alpha value is -1.46. The number of aromatic amines is 1. The molecule has 0 spiro atoms. The number of nitrogens with one attached hydrogen (secondary N) is 2. The van der Waals surface area contributed by atoms with Gasteiger partial charge in [0.1, 0.15) is 0 Å². The molecule has 5 heteroatoms. The largest absolute Gasteiger partial charge is 0.387 e. The summed E-state index contributed by atoms with van der Waals surface area (Å²) in [6.45, 7) is 1.07. The van der Waals surface area contributed by atoms with Crippen molar-refractivity contribution in [1.82, 2.24) is 15.1 Å². The number of benzene rings is 1. The molecule has 0 aliphatic rings. The molecule has 0 saturated carbocycles. The van der Waals surface area contributed by atoms with E-state index in [0.717, 1.165) is 17.9 Å². The van der Waals surface area contributed by atoms with Crippen molar-refractivity contribution >= 4 is 17.4 Å². The summed E-state index contributed by atoms with van der Waals surface area (Å²) in [7, 11) is 6.16. The van der Waals surface area contributed by atoms with Gasteiger partial charge in [-0.3, -0.25) is 5.10 Å². The summed E-state index contributed by atoms with van der Waals surface area (Å²) in [5, 5.41) is 10.1. The number of hydrogen-bond acceptors (Lipinski definition) is 4. The zero-order valence-corrected chi connectivity index (χ0v) is 12.4. The maximum absolute atomic E-state index is 4.00. The molecule has 102 valence electrons. The third-order valence-corrected chi connectivity index (χ3v) is 3.91. The van der Waals surface area contributed by atoms with E-state index < -0.39 is 0 Å². The molecule has 0 atom stereocenters. The van der Waals surface area contributed by atoms with Crippen LogP contribution in [0.2, 0.25) is 0 Å². The smallest absolute Gasteiger partial charge is 0.0565 e. The van der Waals surface area contributed by atoms with Crippen LogP contribution in [-0.2, 0) is 0 Å². The number of nitrogens with zero attached hydrogens (tertiary/aromatic N) is 2. The van der Waals surface area contributed by atoms with E-state index in [1.54, 1.807) is 0 Å². The Morgan fingerprint density at radius 1 is 1.32 bits per heavy atom. The van der Waals surface area contributed by atoms with Crippen LogP contribution in [0.4, 0.5) is 5.69 Å². The average molecular weight is 276 g/mol. The van der Waals surface area contributed by atoms with Crippen LogP contribution in [0.3, 0.4) is 0 Å². The van der Waals surface area contributed by atoms with E-state index in [1.807, 2.05) is 31.2 Å². The Bertz CT molecular complexity index is 508. The van der Waals surface area contributed by atoms with Crippen LogP contribution in [0.5, 0.6) is 0 Å². The van der Waals surface area contributed by atoms with Gasteiger partial charge in [-0.05, 0) is 31.8 Å². The summed E-state index contributed by atoms with van der Waals surface area (Å²) in [5.41, 5.74) is 3.49. The van der Waals surface area contributed by atoms with Gasteiger partial charge in [0.2, 0.25) is 0 Å². The van der Waals surface area contributed by atoms with Crippen LogP contribution in [0, 0.1) is 0 Å². The van der Waals surface area contributed by atoms with Crippen molar-refractivity contribution in [1.29, 1.82) is 0 Å². The van der Waals surface area contributed by atoms with Gasteiger partial charge in [0, 0.05) is 41.7 Å². The average Bonchev–Trinajstić information content (AvgIpc) is 2.92. The highest BCUT2D eigenvalue weighted by atomic mass is 32.2. The summed E-state index contributed by atoms with van der Waals surface area (Å²) in [5.74, 6) is 1.08. The second-order valence-corrected chi connectivity index (χ2v) is 5.74. The number of aromatic nitrogens is 2. The SMILES string of the molecule is CNc1ccc(-c2cn[nH]c2)cc1SCCN(C)C. The first-order valence-corrected chi connectivity index (χ1v) is 7.27. The maximum Gasteiger partial charge on any atom is 0.0565 e. The molecule has 0 unspecified atom stereocenters. The molecule has 4 nitrogen and oxygen atoms in total. The fraction of sp³-hybridized carbons (Fsp3) is 0.357. The lowest BCUT2D eigenvalue weighted by molar-refractivity contribution is 0.437. The molecule has 0 radical (unpaired) electrons. The molecule has 0 aliphatic carbocycles. The van der Waals surface area contributed by atoms with Crippen LogP contribution in [0.1, 0.15) is 0 Å². The highest BCUT2D eigenvalue weighted by Gasteiger charge is 2.06. The van der Waals surface area contributed by atoms with Gasteiger partial charge in [-0.15, -0.1) is 11.8 Å². The van der Waals surface area contributed by atoms with Crippen molar-refractivity contribution < 1.29 is 0 Å². The molecule has 19 heavy (non-hydrogen) atoms. The Labute approximate surface area is 118 Å². The van der Waals surface area contributed by atoms with E-state index in [4.69, 9.17) is 0 Å². The second-order valence-electron chi connectivity index (χ2n) is 4.60. The fourth-order valence-corrected chi connectivity index (χ4v) is 2.99. The minimum absolute atomic E-state index is 1.07. The predicted octanol–water partition coefficient (Wildman–Crippen LogP) is 2.77.